The predicted molar refractivity (Wildman–Crippen MR) is 61.6 cm³/mol. The first-order chi connectivity index (χ1) is 7.29. The molecule has 15 heavy (non-hydrogen) atoms. The summed E-state index contributed by atoms with van der Waals surface area (Å²) < 4.78 is 0. The standard InChI is InChI=1S/C9H8O2.C4H8/c10-9(11)7-6-8-4-2-1-3-5-8;1-2-4-3-1/h1-7H,(H,10,11);1-4H2. The highest BCUT2D eigenvalue weighted by Crippen LogP contribution is 2.15. The van der Waals surface area contributed by atoms with E-state index in [0.717, 1.165) is 11.6 Å². The van der Waals surface area contributed by atoms with Crippen molar-refractivity contribution in [1.82, 2.24) is 0 Å². The Hall–Kier alpha value is -1.57. The lowest BCUT2D eigenvalue weighted by Crippen LogP contribution is -1.85. The second-order valence-corrected chi connectivity index (χ2v) is 3.50. The van der Waals surface area contributed by atoms with Crippen LogP contribution >= 0.6 is 0 Å². The quantitative estimate of drug-likeness (QED) is 0.750. The van der Waals surface area contributed by atoms with Gasteiger partial charge in [0, 0.05) is 6.08 Å². The van der Waals surface area contributed by atoms with E-state index in [1.165, 1.54) is 25.7 Å². The van der Waals surface area contributed by atoms with E-state index in [1.807, 2.05) is 30.3 Å². The van der Waals surface area contributed by atoms with Crippen molar-refractivity contribution in [3.63, 3.8) is 0 Å². The molecule has 0 atom stereocenters. The van der Waals surface area contributed by atoms with E-state index in [0.29, 0.717) is 0 Å². The minimum Gasteiger partial charge on any atom is -0.478 e. The van der Waals surface area contributed by atoms with Crippen LogP contribution in [0.5, 0.6) is 0 Å². The molecule has 1 fully saturated rings. The first-order valence-electron chi connectivity index (χ1n) is 5.25. The number of hydrogen-bond donors (Lipinski definition) is 1. The van der Waals surface area contributed by atoms with E-state index in [9.17, 15) is 4.79 Å². The summed E-state index contributed by atoms with van der Waals surface area (Å²) in [7, 11) is 0. The van der Waals surface area contributed by atoms with Gasteiger partial charge in [0.15, 0.2) is 0 Å². The Bertz CT molecular complexity index is 307. The second kappa shape index (κ2) is 6.82. The minimum atomic E-state index is -0.922. The molecule has 2 rings (SSSR count). The van der Waals surface area contributed by atoms with Gasteiger partial charge in [0.2, 0.25) is 0 Å². The summed E-state index contributed by atoms with van der Waals surface area (Å²) in [5.74, 6) is -0.922. The van der Waals surface area contributed by atoms with E-state index in [2.05, 4.69) is 0 Å². The van der Waals surface area contributed by atoms with Gasteiger partial charge >= 0.3 is 5.97 Å². The highest BCUT2D eigenvalue weighted by Gasteiger charge is 1.95. The molecule has 0 bridgehead atoms. The number of rotatable bonds is 2. The monoisotopic (exact) mass is 204 g/mol. The van der Waals surface area contributed by atoms with Gasteiger partial charge in [-0.3, -0.25) is 0 Å². The van der Waals surface area contributed by atoms with Crippen molar-refractivity contribution in [2.75, 3.05) is 0 Å². The van der Waals surface area contributed by atoms with Gasteiger partial charge in [0.1, 0.15) is 0 Å². The Balaban J connectivity index is 0.000000234. The number of carboxylic acid groups (broad SMARTS) is 1. The maximum absolute atomic E-state index is 10.1. The summed E-state index contributed by atoms with van der Waals surface area (Å²) in [5, 5.41) is 8.29. The largest absolute Gasteiger partial charge is 0.478 e. The van der Waals surface area contributed by atoms with Crippen molar-refractivity contribution in [3.05, 3.63) is 42.0 Å². The average molecular weight is 204 g/mol. The van der Waals surface area contributed by atoms with Crippen LogP contribution in [0.1, 0.15) is 31.2 Å². The molecular weight excluding hydrogens is 188 g/mol. The molecule has 2 heteroatoms. The summed E-state index contributed by atoms with van der Waals surface area (Å²) in [6, 6.07) is 9.31. The Kier molecular flexibility index (Phi) is 5.23. The van der Waals surface area contributed by atoms with Gasteiger partial charge in [0.25, 0.3) is 0 Å². The first-order valence-corrected chi connectivity index (χ1v) is 5.25. The van der Waals surface area contributed by atoms with Gasteiger partial charge in [-0.2, -0.15) is 0 Å². The molecular formula is C13H16O2. The number of carbonyl (C=O) groups is 1. The minimum absolute atomic E-state index is 0.898. The van der Waals surface area contributed by atoms with Gasteiger partial charge in [0.05, 0.1) is 0 Å². The number of carboxylic acids is 1. The molecule has 0 aromatic heterocycles. The molecule has 0 saturated heterocycles. The molecule has 1 aromatic carbocycles. The molecule has 0 heterocycles. The van der Waals surface area contributed by atoms with Crippen LogP contribution in [-0.4, -0.2) is 11.1 Å². The number of aliphatic carboxylic acids is 1. The molecule has 0 spiro atoms. The molecule has 1 aliphatic carbocycles. The normalized spacial score (nSPS) is 13.9. The van der Waals surface area contributed by atoms with Gasteiger partial charge in [-0.25, -0.2) is 4.79 Å². The second-order valence-electron chi connectivity index (χ2n) is 3.50. The van der Waals surface area contributed by atoms with Crippen LogP contribution < -0.4 is 0 Å². The topological polar surface area (TPSA) is 37.3 Å². The van der Waals surface area contributed by atoms with Crippen LogP contribution in [0.15, 0.2) is 36.4 Å². The zero-order valence-electron chi connectivity index (χ0n) is 8.73. The van der Waals surface area contributed by atoms with Crippen LogP contribution in [-0.2, 0) is 4.79 Å². The summed E-state index contributed by atoms with van der Waals surface area (Å²) in [5.41, 5.74) is 0.898. The number of benzene rings is 1. The van der Waals surface area contributed by atoms with Crippen LogP contribution in [0, 0.1) is 0 Å². The molecule has 80 valence electrons. The third-order valence-electron chi connectivity index (χ3n) is 2.22. The highest BCUT2D eigenvalue weighted by molar-refractivity contribution is 5.85. The fourth-order valence-corrected chi connectivity index (χ4v) is 0.982. The Morgan fingerprint density at radius 2 is 1.60 bits per heavy atom. The fourth-order valence-electron chi connectivity index (χ4n) is 0.982. The Labute approximate surface area is 90.3 Å². The molecule has 0 aliphatic heterocycles. The van der Waals surface area contributed by atoms with Crippen molar-refractivity contribution >= 4 is 12.0 Å². The molecule has 0 amide bonds. The van der Waals surface area contributed by atoms with Gasteiger partial charge in [-0.05, 0) is 11.6 Å². The zero-order valence-corrected chi connectivity index (χ0v) is 8.73. The van der Waals surface area contributed by atoms with Crippen LogP contribution in [0.25, 0.3) is 6.08 Å². The maximum Gasteiger partial charge on any atom is 0.328 e. The summed E-state index contributed by atoms with van der Waals surface area (Å²) in [6.07, 6.45) is 8.68. The van der Waals surface area contributed by atoms with Gasteiger partial charge < -0.3 is 5.11 Å². The summed E-state index contributed by atoms with van der Waals surface area (Å²) in [6.45, 7) is 0. The SMILES string of the molecule is C1CCC1.O=C(O)C=Cc1ccccc1. The van der Waals surface area contributed by atoms with Gasteiger partial charge in [-0.15, -0.1) is 0 Å². The van der Waals surface area contributed by atoms with Crippen molar-refractivity contribution in [2.24, 2.45) is 0 Å². The molecule has 2 nitrogen and oxygen atoms in total. The molecule has 1 N–H and O–H groups in total. The lowest BCUT2D eigenvalue weighted by molar-refractivity contribution is -0.131. The summed E-state index contributed by atoms with van der Waals surface area (Å²) >= 11 is 0. The van der Waals surface area contributed by atoms with Crippen molar-refractivity contribution in [2.45, 2.75) is 25.7 Å². The third-order valence-corrected chi connectivity index (χ3v) is 2.22. The summed E-state index contributed by atoms with van der Waals surface area (Å²) in [4.78, 5) is 10.1. The third kappa shape index (κ3) is 5.68. The number of hydrogen-bond acceptors (Lipinski definition) is 1. The zero-order chi connectivity index (χ0) is 10.9. The molecule has 1 aromatic rings. The van der Waals surface area contributed by atoms with Gasteiger partial charge in [-0.1, -0.05) is 56.0 Å². The average Bonchev–Trinajstić information content (AvgIpc) is 2.14. The smallest absolute Gasteiger partial charge is 0.328 e. The van der Waals surface area contributed by atoms with Crippen molar-refractivity contribution in [1.29, 1.82) is 0 Å². The molecule has 1 saturated carbocycles. The van der Waals surface area contributed by atoms with E-state index < -0.39 is 5.97 Å². The lowest BCUT2D eigenvalue weighted by Gasteiger charge is -2.05. The Morgan fingerprint density at radius 1 is 1.07 bits per heavy atom. The fraction of sp³-hybridized carbons (Fsp3) is 0.308. The molecule has 0 unspecified atom stereocenters. The van der Waals surface area contributed by atoms with Crippen LogP contribution in [0.3, 0.4) is 0 Å². The highest BCUT2D eigenvalue weighted by atomic mass is 16.4. The van der Waals surface area contributed by atoms with Crippen LogP contribution in [0.4, 0.5) is 0 Å². The van der Waals surface area contributed by atoms with Crippen molar-refractivity contribution < 1.29 is 9.90 Å². The van der Waals surface area contributed by atoms with E-state index >= 15 is 0 Å². The first kappa shape index (κ1) is 11.5. The van der Waals surface area contributed by atoms with Crippen LogP contribution in [0.2, 0.25) is 0 Å². The molecule has 1 aliphatic rings. The molecule has 0 radical (unpaired) electrons. The Morgan fingerprint density at radius 3 is 2.00 bits per heavy atom. The van der Waals surface area contributed by atoms with E-state index in [1.54, 1.807) is 6.08 Å². The van der Waals surface area contributed by atoms with E-state index in [4.69, 9.17) is 5.11 Å². The van der Waals surface area contributed by atoms with Crippen molar-refractivity contribution in [3.8, 4) is 0 Å². The van der Waals surface area contributed by atoms with E-state index in [-0.39, 0.29) is 0 Å². The lowest BCUT2D eigenvalue weighted by atomic mass is 10.0. The maximum atomic E-state index is 10.1. The predicted octanol–water partition coefficient (Wildman–Crippen LogP) is 3.34.